The number of piperazine rings is 1. The molecule has 2 aromatic rings. The van der Waals surface area contributed by atoms with E-state index in [9.17, 15) is 0 Å². The molecule has 1 saturated carbocycles. The Labute approximate surface area is 160 Å². The van der Waals surface area contributed by atoms with Crippen molar-refractivity contribution >= 4 is 11.3 Å². The van der Waals surface area contributed by atoms with Crippen molar-refractivity contribution in [3.05, 3.63) is 28.2 Å². The summed E-state index contributed by atoms with van der Waals surface area (Å²) in [7, 11) is 0. The van der Waals surface area contributed by atoms with Crippen LogP contribution in [0.1, 0.15) is 62.2 Å². The molecule has 0 radical (unpaired) electrons. The summed E-state index contributed by atoms with van der Waals surface area (Å²) in [6.45, 7) is 8.21. The first-order valence-electron chi connectivity index (χ1n) is 10.3. The van der Waals surface area contributed by atoms with Crippen molar-refractivity contribution in [2.24, 2.45) is 0 Å². The summed E-state index contributed by atoms with van der Waals surface area (Å²) in [6.07, 6.45) is 8.13. The molecule has 0 aromatic carbocycles. The highest BCUT2D eigenvalue weighted by Gasteiger charge is 2.36. The molecule has 0 spiro atoms. The molecule has 2 aliphatic rings. The Morgan fingerprint density at radius 1 is 1.23 bits per heavy atom. The molecule has 2 N–H and O–H groups in total. The predicted molar refractivity (Wildman–Crippen MR) is 103 cm³/mol. The quantitative estimate of drug-likeness (QED) is 0.733. The number of tetrazole rings is 1. The molecule has 3 heterocycles. The van der Waals surface area contributed by atoms with Gasteiger partial charge in [0.05, 0.1) is 12.6 Å². The van der Waals surface area contributed by atoms with Crippen LogP contribution >= 0.6 is 11.3 Å². The van der Waals surface area contributed by atoms with Crippen molar-refractivity contribution in [2.45, 2.75) is 64.1 Å². The van der Waals surface area contributed by atoms with Crippen LogP contribution < -0.4 is 9.80 Å². The van der Waals surface area contributed by atoms with Gasteiger partial charge < -0.3 is 9.80 Å². The van der Waals surface area contributed by atoms with E-state index < -0.39 is 0 Å². The van der Waals surface area contributed by atoms with Gasteiger partial charge in [0.15, 0.2) is 0 Å². The number of thiophene rings is 1. The van der Waals surface area contributed by atoms with Gasteiger partial charge in [-0.05, 0) is 47.6 Å². The summed E-state index contributed by atoms with van der Waals surface area (Å²) in [4.78, 5) is 4.87. The molecule has 7 heteroatoms. The van der Waals surface area contributed by atoms with E-state index in [1.165, 1.54) is 69.6 Å². The standard InChI is InChI=1S/C19H30N6S/c1-2-6-18(19-20-21-22-25(19)15-17-9-5-14-26-17)24-12-10-23(11-13-24)16-7-3-4-8-16/h5,9,14,16,18H,2-4,6-8,10-13,15H2,1H3/p+2/t18-/m1/s1. The lowest BCUT2D eigenvalue weighted by Crippen LogP contribution is -3.29. The van der Waals surface area contributed by atoms with Crippen molar-refractivity contribution < 1.29 is 9.80 Å². The van der Waals surface area contributed by atoms with Crippen molar-refractivity contribution in [3.8, 4) is 0 Å². The molecule has 4 rings (SSSR count). The summed E-state index contributed by atoms with van der Waals surface area (Å²) in [5.74, 6) is 1.08. The van der Waals surface area contributed by atoms with Crippen LogP contribution in [0.3, 0.4) is 0 Å². The second kappa shape index (κ2) is 8.59. The summed E-state index contributed by atoms with van der Waals surface area (Å²) in [6, 6.07) is 5.64. The minimum Gasteiger partial charge on any atom is -0.323 e. The average Bonchev–Trinajstić information content (AvgIpc) is 3.43. The summed E-state index contributed by atoms with van der Waals surface area (Å²) >= 11 is 1.78. The second-order valence-electron chi connectivity index (χ2n) is 7.91. The highest BCUT2D eigenvalue weighted by molar-refractivity contribution is 7.09. The van der Waals surface area contributed by atoms with Gasteiger partial charge in [-0.2, -0.15) is 0 Å². The van der Waals surface area contributed by atoms with Crippen molar-refractivity contribution in [3.63, 3.8) is 0 Å². The molecule has 0 bridgehead atoms. The van der Waals surface area contributed by atoms with Gasteiger partial charge in [0.1, 0.15) is 32.2 Å². The summed E-state index contributed by atoms with van der Waals surface area (Å²) < 4.78 is 2.04. The van der Waals surface area contributed by atoms with Gasteiger partial charge in [0.25, 0.3) is 0 Å². The molecule has 1 atom stereocenters. The highest BCUT2D eigenvalue weighted by Crippen LogP contribution is 2.17. The maximum Gasteiger partial charge on any atom is 0.209 e. The number of aromatic nitrogens is 4. The molecule has 2 aromatic heterocycles. The number of quaternary nitrogens is 2. The molecule has 1 aliphatic heterocycles. The maximum absolute atomic E-state index is 4.47. The zero-order valence-corrected chi connectivity index (χ0v) is 16.7. The van der Waals surface area contributed by atoms with Crippen LogP contribution in [-0.2, 0) is 6.54 Å². The van der Waals surface area contributed by atoms with E-state index in [0.29, 0.717) is 6.04 Å². The molecule has 26 heavy (non-hydrogen) atoms. The van der Waals surface area contributed by atoms with E-state index in [4.69, 9.17) is 0 Å². The first-order valence-corrected chi connectivity index (χ1v) is 11.2. The fourth-order valence-corrected chi connectivity index (χ4v) is 5.60. The molecular formula is C19H32N6S+2. The van der Waals surface area contributed by atoms with Crippen LogP contribution in [-0.4, -0.2) is 52.4 Å². The van der Waals surface area contributed by atoms with Gasteiger partial charge in [-0.15, -0.1) is 16.4 Å². The molecule has 1 saturated heterocycles. The monoisotopic (exact) mass is 376 g/mol. The van der Waals surface area contributed by atoms with Crippen LogP contribution in [0.15, 0.2) is 17.5 Å². The third kappa shape index (κ3) is 4.00. The van der Waals surface area contributed by atoms with Gasteiger partial charge in [0, 0.05) is 11.3 Å². The molecule has 2 fully saturated rings. The first-order chi connectivity index (χ1) is 12.8. The van der Waals surface area contributed by atoms with Crippen molar-refractivity contribution in [1.82, 2.24) is 20.2 Å². The topological polar surface area (TPSA) is 52.5 Å². The Morgan fingerprint density at radius 3 is 2.73 bits per heavy atom. The highest BCUT2D eigenvalue weighted by atomic mass is 32.1. The minimum atomic E-state index is 0.431. The Bertz CT molecular complexity index is 655. The lowest BCUT2D eigenvalue weighted by atomic mass is 10.1. The predicted octanol–water partition coefficient (Wildman–Crippen LogP) is 0.350. The third-order valence-corrected chi connectivity index (χ3v) is 7.16. The lowest BCUT2D eigenvalue weighted by Gasteiger charge is -2.36. The largest absolute Gasteiger partial charge is 0.323 e. The first kappa shape index (κ1) is 18.1. The molecule has 0 amide bonds. The molecule has 0 unspecified atom stereocenters. The van der Waals surface area contributed by atoms with Crippen LogP contribution in [0.25, 0.3) is 0 Å². The second-order valence-corrected chi connectivity index (χ2v) is 8.95. The fourth-order valence-electron chi connectivity index (χ4n) is 4.91. The summed E-state index contributed by atoms with van der Waals surface area (Å²) in [5.41, 5.74) is 0. The van der Waals surface area contributed by atoms with Crippen molar-refractivity contribution in [2.75, 3.05) is 26.2 Å². The van der Waals surface area contributed by atoms with Crippen LogP contribution in [0.4, 0.5) is 0 Å². The normalized spacial score (nSPS) is 25.6. The average molecular weight is 377 g/mol. The molecule has 142 valence electrons. The molecule has 1 aliphatic carbocycles. The summed E-state index contributed by atoms with van der Waals surface area (Å²) in [5, 5.41) is 14.9. The number of hydrogen-bond acceptors (Lipinski definition) is 4. The van der Waals surface area contributed by atoms with Gasteiger partial charge in [-0.25, -0.2) is 4.68 Å². The Balaban J connectivity index is 1.44. The Kier molecular flexibility index (Phi) is 5.97. The maximum atomic E-state index is 4.47. The van der Waals surface area contributed by atoms with Gasteiger partial charge in [-0.3, -0.25) is 0 Å². The molecule has 6 nitrogen and oxygen atoms in total. The lowest BCUT2D eigenvalue weighted by molar-refractivity contribution is -1.04. The van der Waals surface area contributed by atoms with Crippen LogP contribution in [0.5, 0.6) is 0 Å². The number of nitrogens with one attached hydrogen (secondary N) is 2. The van der Waals surface area contributed by atoms with Crippen LogP contribution in [0.2, 0.25) is 0 Å². The smallest absolute Gasteiger partial charge is 0.209 e. The fraction of sp³-hybridized carbons (Fsp3) is 0.737. The minimum absolute atomic E-state index is 0.431. The van der Waals surface area contributed by atoms with E-state index in [1.54, 1.807) is 16.2 Å². The van der Waals surface area contributed by atoms with Crippen molar-refractivity contribution in [1.29, 1.82) is 0 Å². The van der Waals surface area contributed by atoms with E-state index in [0.717, 1.165) is 18.4 Å². The Hall–Kier alpha value is -1.31. The van der Waals surface area contributed by atoms with Gasteiger partial charge in [-0.1, -0.05) is 19.4 Å². The Morgan fingerprint density at radius 2 is 2.04 bits per heavy atom. The van der Waals surface area contributed by atoms with Crippen LogP contribution in [0, 0.1) is 0 Å². The number of hydrogen-bond donors (Lipinski definition) is 2. The zero-order chi connectivity index (χ0) is 17.8. The van der Waals surface area contributed by atoms with Gasteiger partial charge >= 0.3 is 0 Å². The van der Waals surface area contributed by atoms with E-state index >= 15 is 0 Å². The zero-order valence-electron chi connectivity index (χ0n) is 15.9. The van der Waals surface area contributed by atoms with E-state index in [-0.39, 0.29) is 0 Å². The van der Waals surface area contributed by atoms with E-state index in [2.05, 4.69) is 40.0 Å². The third-order valence-electron chi connectivity index (χ3n) is 6.29. The van der Waals surface area contributed by atoms with Gasteiger partial charge in [0.2, 0.25) is 5.82 Å². The number of rotatable bonds is 7. The van der Waals surface area contributed by atoms with E-state index in [1.807, 2.05) is 9.58 Å². The SMILES string of the molecule is CCC[C@H](c1nnnn1Cc1cccs1)[NH+]1CC[NH+](C2CCCC2)CC1. The number of nitrogens with zero attached hydrogens (tertiary/aromatic N) is 4. The molecular weight excluding hydrogens is 344 g/mol.